The summed E-state index contributed by atoms with van der Waals surface area (Å²) in [6, 6.07) is 11.4. The van der Waals surface area contributed by atoms with Crippen molar-refractivity contribution in [2.45, 2.75) is 78.9 Å². The summed E-state index contributed by atoms with van der Waals surface area (Å²) in [6.07, 6.45) is 0. The molecule has 3 aromatic heterocycles. The Morgan fingerprint density at radius 1 is 0.385 bits per heavy atom. The predicted molar refractivity (Wildman–Crippen MR) is 163 cm³/mol. The summed E-state index contributed by atoms with van der Waals surface area (Å²) in [7, 11) is 0. The third-order valence-corrected chi connectivity index (χ3v) is 8.34. The highest BCUT2D eigenvalue weighted by Gasteiger charge is 2.32. The summed E-state index contributed by atoms with van der Waals surface area (Å²) in [5.41, 5.74) is 0.795. The van der Waals surface area contributed by atoms with Crippen LogP contribution in [0.1, 0.15) is 62.3 Å². The van der Waals surface area contributed by atoms with Crippen molar-refractivity contribution in [1.29, 1.82) is 0 Å². The van der Waals surface area contributed by atoms with Gasteiger partial charge in [-0.1, -0.05) is 0 Å². The lowest BCUT2D eigenvalue weighted by Gasteiger charge is -2.32. The second-order valence-electron chi connectivity index (χ2n) is 14.1. The van der Waals surface area contributed by atoms with Crippen molar-refractivity contribution in [2.75, 3.05) is 0 Å². The Balaban J connectivity index is 2.01. The molecule has 0 aliphatic rings. The molecule has 0 aliphatic carbocycles. The van der Waals surface area contributed by atoms with Gasteiger partial charge in [-0.05, 0) is 98.7 Å². The highest BCUT2D eigenvalue weighted by Crippen LogP contribution is 2.47. The summed E-state index contributed by atoms with van der Waals surface area (Å²) in [5.74, 6) is 0. The standard InChI is InChI=1S/C33H33N3O3/c1-31(2,3)34-19-13-10-17-23-25(19)22-16(28(34)37)11-14-20-26(22)24-18(30(39)35(20)32(4,5)6)12-15-21(27(23)24)36(29(17)38)33(7,8)9/h10-15H,1-9H3. The predicted octanol–water partition coefficient (Wildman–Crippen LogP) is 6.67. The van der Waals surface area contributed by atoms with Crippen molar-refractivity contribution in [3.05, 3.63) is 67.5 Å². The van der Waals surface area contributed by atoms with Crippen LogP contribution in [0.2, 0.25) is 0 Å². The molecule has 0 fully saturated rings. The van der Waals surface area contributed by atoms with Gasteiger partial charge in [0.05, 0.1) is 16.6 Å². The fourth-order valence-electron chi connectivity index (χ4n) is 7.09. The Morgan fingerprint density at radius 2 is 0.615 bits per heavy atom. The van der Waals surface area contributed by atoms with Crippen molar-refractivity contribution in [2.24, 2.45) is 0 Å². The van der Waals surface area contributed by atoms with Crippen LogP contribution in [0.15, 0.2) is 50.8 Å². The van der Waals surface area contributed by atoms with Gasteiger partial charge >= 0.3 is 0 Å². The zero-order valence-corrected chi connectivity index (χ0v) is 24.0. The summed E-state index contributed by atoms with van der Waals surface area (Å²) in [5, 5.41) is 7.12. The number of nitrogens with zero attached hydrogens (tertiary/aromatic N) is 3. The van der Waals surface area contributed by atoms with Crippen molar-refractivity contribution >= 4 is 65.0 Å². The molecule has 4 aromatic carbocycles. The minimum atomic E-state index is -0.482. The number of pyridine rings is 3. The molecular formula is C33H33N3O3. The van der Waals surface area contributed by atoms with Gasteiger partial charge in [0.15, 0.2) is 0 Å². The average Bonchev–Trinajstić information content (AvgIpc) is 2.80. The fourth-order valence-corrected chi connectivity index (χ4v) is 7.09. The SMILES string of the molecule is CC(C)(C)n1c(=O)c2ccc3c4c2c2c5c(ccc21)c(=O)n(C(C)(C)C)c1ccc(c(=O)n3C(C)(C)C)c4c51. The monoisotopic (exact) mass is 519 g/mol. The van der Waals surface area contributed by atoms with Gasteiger partial charge in [-0.15, -0.1) is 0 Å². The van der Waals surface area contributed by atoms with Crippen molar-refractivity contribution in [3.63, 3.8) is 0 Å². The first-order valence-corrected chi connectivity index (χ1v) is 13.6. The van der Waals surface area contributed by atoms with Gasteiger partial charge in [0.2, 0.25) is 0 Å². The zero-order chi connectivity index (χ0) is 28.1. The van der Waals surface area contributed by atoms with Crippen molar-refractivity contribution in [1.82, 2.24) is 13.7 Å². The number of aromatic nitrogens is 3. The molecule has 3 heterocycles. The molecule has 0 aliphatic heterocycles. The topological polar surface area (TPSA) is 66.0 Å². The largest absolute Gasteiger partial charge is 0.302 e. The van der Waals surface area contributed by atoms with E-state index in [0.29, 0.717) is 16.2 Å². The first-order valence-electron chi connectivity index (χ1n) is 13.6. The van der Waals surface area contributed by atoms with E-state index in [0.717, 1.165) is 48.9 Å². The van der Waals surface area contributed by atoms with Gasteiger partial charge in [-0.25, -0.2) is 0 Å². The molecule has 0 N–H and O–H groups in total. The Morgan fingerprint density at radius 3 is 0.821 bits per heavy atom. The number of rotatable bonds is 0. The molecule has 7 aromatic rings. The van der Waals surface area contributed by atoms with E-state index in [9.17, 15) is 14.4 Å². The first-order chi connectivity index (χ1) is 18.0. The van der Waals surface area contributed by atoms with Crippen LogP contribution in [-0.2, 0) is 16.6 Å². The van der Waals surface area contributed by atoms with E-state index in [-0.39, 0.29) is 16.7 Å². The van der Waals surface area contributed by atoms with Gasteiger partial charge in [-0.2, -0.15) is 0 Å². The second kappa shape index (κ2) is 6.79. The summed E-state index contributed by atoms with van der Waals surface area (Å²) >= 11 is 0. The Hall–Kier alpha value is -3.93. The molecule has 7 rings (SSSR count). The molecular weight excluding hydrogens is 486 g/mol. The molecule has 0 saturated carbocycles. The molecule has 0 atom stereocenters. The number of benzene rings is 4. The van der Waals surface area contributed by atoms with E-state index < -0.39 is 16.6 Å². The molecule has 0 unspecified atom stereocenters. The van der Waals surface area contributed by atoms with Crippen LogP contribution in [0.3, 0.4) is 0 Å². The first kappa shape index (κ1) is 24.1. The molecule has 0 radical (unpaired) electrons. The highest BCUT2D eigenvalue weighted by atomic mass is 16.1. The number of hydrogen-bond acceptors (Lipinski definition) is 3. The second-order valence-corrected chi connectivity index (χ2v) is 14.1. The smallest absolute Gasteiger partial charge is 0.259 e. The summed E-state index contributed by atoms with van der Waals surface area (Å²) in [4.78, 5) is 42.5. The lowest BCUT2D eigenvalue weighted by Crippen LogP contribution is -2.37. The van der Waals surface area contributed by atoms with Gasteiger partial charge < -0.3 is 13.7 Å². The van der Waals surface area contributed by atoms with Crippen LogP contribution in [0.4, 0.5) is 0 Å². The molecule has 6 heteroatoms. The van der Waals surface area contributed by atoms with E-state index in [1.807, 2.05) is 112 Å². The molecule has 0 spiro atoms. The van der Waals surface area contributed by atoms with Gasteiger partial charge in [0, 0.05) is 65.1 Å². The van der Waals surface area contributed by atoms with Crippen LogP contribution >= 0.6 is 0 Å². The lowest BCUT2D eigenvalue weighted by atomic mass is 9.85. The normalized spacial score (nSPS) is 14.1. The van der Waals surface area contributed by atoms with E-state index in [1.54, 1.807) is 0 Å². The Kier molecular flexibility index (Phi) is 4.20. The van der Waals surface area contributed by atoms with E-state index >= 15 is 0 Å². The Bertz CT molecular complexity index is 2030. The molecule has 0 bridgehead atoms. The van der Waals surface area contributed by atoms with Crippen LogP contribution in [-0.4, -0.2) is 13.7 Å². The molecule has 198 valence electrons. The maximum atomic E-state index is 14.2. The third-order valence-electron chi connectivity index (χ3n) is 8.34. The summed E-state index contributed by atoms with van der Waals surface area (Å²) < 4.78 is 5.59. The van der Waals surface area contributed by atoms with Crippen molar-refractivity contribution in [3.8, 4) is 0 Å². The van der Waals surface area contributed by atoms with Gasteiger partial charge in [-0.3, -0.25) is 14.4 Å². The number of hydrogen-bond donors (Lipinski definition) is 0. The van der Waals surface area contributed by atoms with E-state index in [1.165, 1.54) is 0 Å². The van der Waals surface area contributed by atoms with E-state index in [4.69, 9.17) is 0 Å². The third kappa shape index (κ3) is 2.74. The lowest BCUT2D eigenvalue weighted by molar-refractivity contribution is 0.400. The van der Waals surface area contributed by atoms with Crippen LogP contribution in [0.5, 0.6) is 0 Å². The van der Waals surface area contributed by atoms with Crippen LogP contribution in [0, 0.1) is 0 Å². The maximum Gasteiger partial charge on any atom is 0.259 e. The Labute approximate surface area is 225 Å². The van der Waals surface area contributed by atoms with Gasteiger partial charge in [0.25, 0.3) is 16.7 Å². The maximum absolute atomic E-state index is 14.2. The fraction of sp³-hybridized carbons (Fsp3) is 0.364. The molecule has 6 nitrogen and oxygen atoms in total. The van der Waals surface area contributed by atoms with Crippen molar-refractivity contribution < 1.29 is 0 Å². The van der Waals surface area contributed by atoms with Crippen LogP contribution < -0.4 is 16.7 Å². The average molecular weight is 520 g/mol. The van der Waals surface area contributed by atoms with Crippen LogP contribution in [0.25, 0.3) is 65.0 Å². The van der Waals surface area contributed by atoms with E-state index in [2.05, 4.69) is 0 Å². The molecule has 39 heavy (non-hydrogen) atoms. The minimum Gasteiger partial charge on any atom is -0.302 e. The van der Waals surface area contributed by atoms with Gasteiger partial charge in [0.1, 0.15) is 0 Å². The quantitative estimate of drug-likeness (QED) is 0.166. The minimum absolute atomic E-state index is 0.0634. The summed E-state index contributed by atoms with van der Waals surface area (Å²) in [6.45, 7) is 18.3. The zero-order valence-electron chi connectivity index (χ0n) is 24.0. The molecule has 0 saturated heterocycles. The highest BCUT2D eigenvalue weighted by molar-refractivity contribution is 6.43. The molecule has 0 amide bonds.